The summed E-state index contributed by atoms with van der Waals surface area (Å²) in [7, 11) is 3.16. The van der Waals surface area contributed by atoms with Gasteiger partial charge in [-0.3, -0.25) is 4.21 Å². The van der Waals surface area contributed by atoms with Gasteiger partial charge in [0.25, 0.3) is 0 Å². The first-order valence-electron chi connectivity index (χ1n) is 6.29. The summed E-state index contributed by atoms with van der Waals surface area (Å²) in [6.07, 6.45) is 1.06. The van der Waals surface area contributed by atoms with E-state index in [9.17, 15) is 4.21 Å². The minimum absolute atomic E-state index is 0.145. The largest absolute Gasteiger partial charge is 0.377 e. The maximum absolute atomic E-state index is 11.3. The standard InChI is InChI=1S/C12H26N2O2S/c1-12(2,16-4)11(13-3)5-6-14-7-9-17(15)10-8-14/h11,13H,5-10H2,1-4H3. The van der Waals surface area contributed by atoms with Crippen LogP contribution in [-0.2, 0) is 15.5 Å². The molecule has 0 bridgehead atoms. The fourth-order valence-electron chi connectivity index (χ4n) is 2.19. The van der Waals surface area contributed by atoms with Crippen molar-refractivity contribution in [3.8, 4) is 0 Å². The zero-order valence-corrected chi connectivity index (χ0v) is 12.3. The third-order valence-electron chi connectivity index (χ3n) is 3.72. The molecule has 1 aliphatic rings. The van der Waals surface area contributed by atoms with Gasteiger partial charge >= 0.3 is 0 Å². The van der Waals surface area contributed by atoms with Crippen LogP contribution in [0.4, 0.5) is 0 Å². The Labute approximate surface area is 108 Å². The topological polar surface area (TPSA) is 41.6 Å². The predicted octanol–water partition coefficient (Wildman–Crippen LogP) is 0.454. The van der Waals surface area contributed by atoms with Crippen molar-refractivity contribution in [2.24, 2.45) is 0 Å². The lowest BCUT2D eigenvalue weighted by molar-refractivity contribution is -0.0126. The Morgan fingerprint density at radius 2 is 2.00 bits per heavy atom. The van der Waals surface area contributed by atoms with Crippen LogP contribution in [0.25, 0.3) is 0 Å². The third kappa shape index (κ3) is 4.66. The third-order valence-corrected chi connectivity index (χ3v) is 4.99. The first kappa shape index (κ1) is 15.1. The fraction of sp³-hybridized carbons (Fsp3) is 1.00. The Bertz CT molecular complexity index is 249. The molecule has 102 valence electrons. The van der Waals surface area contributed by atoms with E-state index in [1.165, 1.54) is 0 Å². The fourth-order valence-corrected chi connectivity index (χ4v) is 3.32. The lowest BCUT2D eigenvalue weighted by Gasteiger charge is -2.35. The summed E-state index contributed by atoms with van der Waals surface area (Å²) in [4.78, 5) is 2.40. The molecule has 1 N–H and O–H groups in total. The highest BCUT2D eigenvalue weighted by atomic mass is 32.2. The second-order valence-corrected chi connectivity index (χ2v) is 6.82. The molecular weight excluding hydrogens is 236 g/mol. The van der Waals surface area contributed by atoms with Crippen molar-refractivity contribution < 1.29 is 8.95 Å². The van der Waals surface area contributed by atoms with E-state index in [1.54, 1.807) is 7.11 Å². The van der Waals surface area contributed by atoms with Crippen LogP contribution in [0.1, 0.15) is 20.3 Å². The number of nitrogens with one attached hydrogen (secondary N) is 1. The van der Waals surface area contributed by atoms with Crippen LogP contribution in [-0.4, -0.2) is 66.0 Å². The molecule has 1 atom stereocenters. The van der Waals surface area contributed by atoms with Gasteiger partial charge in [0.15, 0.2) is 0 Å². The first-order valence-corrected chi connectivity index (χ1v) is 7.78. The minimum Gasteiger partial charge on any atom is -0.377 e. The van der Waals surface area contributed by atoms with Crippen LogP contribution in [0.3, 0.4) is 0 Å². The van der Waals surface area contributed by atoms with Crippen molar-refractivity contribution in [2.75, 3.05) is 45.3 Å². The second kappa shape index (κ2) is 6.83. The van der Waals surface area contributed by atoms with E-state index in [1.807, 2.05) is 7.05 Å². The molecule has 1 unspecified atom stereocenters. The summed E-state index contributed by atoms with van der Waals surface area (Å²) in [5, 5.41) is 3.33. The van der Waals surface area contributed by atoms with Crippen molar-refractivity contribution in [2.45, 2.75) is 31.9 Å². The van der Waals surface area contributed by atoms with Crippen LogP contribution in [0.2, 0.25) is 0 Å². The summed E-state index contributed by atoms with van der Waals surface area (Å²) >= 11 is 0. The monoisotopic (exact) mass is 262 g/mol. The summed E-state index contributed by atoms with van der Waals surface area (Å²) < 4.78 is 16.8. The van der Waals surface area contributed by atoms with Crippen molar-refractivity contribution in [1.82, 2.24) is 10.2 Å². The number of hydrogen-bond acceptors (Lipinski definition) is 4. The zero-order chi connectivity index (χ0) is 12.9. The summed E-state index contributed by atoms with van der Waals surface area (Å²) in [6.45, 7) is 7.21. The zero-order valence-electron chi connectivity index (χ0n) is 11.5. The predicted molar refractivity (Wildman–Crippen MR) is 72.9 cm³/mol. The van der Waals surface area contributed by atoms with Gasteiger partial charge in [0.05, 0.1) is 5.60 Å². The molecule has 0 aromatic carbocycles. The molecule has 0 spiro atoms. The van der Waals surface area contributed by atoms with Crippen LogP contribution in [0.5, 0.6) is 0 Å². The lowest BCUT2D eigenvalue weighted by Crippen LogP contribution is -2.49. The number of rotatable bonds is 6. The second-order valence-electron chi connectivity index (χ2n) is 5.13. The van der Waals surface area contributed by atoms with Gasteiger partial charge in [-0.25, -0.2) is 0 Å². The van der Waals surface area contributed by atoms with Gasteiger partial charge in [-0.1, -0.05) is 0 Å². The molecule has 17 heavy (non-hydrogen) atoms. The minimum atomic E-state index is -0.578. The molecule has 1 fully saturated rings. The van der Waals surface area contributed by atoms with Crippen molar-refractivity contribution >= 4 is 10.8 Å². The Hall–Kier alpha value is 0.0300. The van der Waals surface area contributed by atoms with E-state index < -0.39 is 10.8 Å². The normalized spacial score (nSPS) is 21.6. The number of nitrogens with zero attached hydrogens (tertiary/aromatic N) is 1. The number of methoxy groups -OCH3 is 1. The van der Waals surface area contributed by atoms with E-state index in [0.29, 0.717) is 6.04 Å². The van der Waals surface area contributed by atoms with Crippen molar-refractivity contribution in [1.29, 1.82) is 0 Å². The van der Waals surface area contributed by atoms with Gasteiger partial charge in [0.1, 0.15) is 0 Å². The summed E-state index contributed by atoms with van der Waals surface area (Å²) in [5.41, 5.74) is -0.145. The van der Waals surface area contributed by atoms with Gasteiger partial charge < -0.3 is 15.0 Å². The van der Waals surface area contributed by atoms with E-state index in [4.69, 9.17) is 4.74 Å². The maximum Gasteiger partial charge on any atom is 0.0775 e. The Kier molecular flexibility index (Phi) is 6.06. The van der Waals surface area contributed by atoms with E-state index in [0.717, 1.165) is 37.6 Å². The molecule has 0 saturated carbocycles. The highest BCUT2D eigenvalue weighted by Gasteiger charge is 2.28. The SMILES string of the molecule is CNC(CCN1CCS(=O)CC1)C(C)(C)OC. The molecular formula is C12H26N2O2S. The van der Waals surface area contributed by atoms with Gasteiger partial charge in [-0.15, -0.1) is 0 Å². The Balaban J connectivity index is 2.35. The number of likely N-dealkylation sites (N-methyl/N-ethyl adjacent to an activating group) is 1. The van der Waals surface area contributed by atoms with Gasteiger partial charge in [-0.05, 0) is 33.9 Å². The smallest absolute Gasteiger partial charge is 0.0775 e. The Morgan fingerprint density at radius 3 is 2.47 bits per heavy atom. The van der Waals surface area contributed by atoms with Crippen LogP contribution in [0.15, 0.2) is 0 Å². The molecule has 0 aromatic heterocycles. The van der Waals surface area contributed by atoms with Gasteiger partial charge in [0, 0.05) is 48.5 Å². The molecule has 0 aliphatic carbocycles. The summed E-state index contributed by atoms with van der Waals surface area (Å²) in [6, 6.07) is 0.347. The highest BCUT2D eigenvalue weighted by Crippen LogP contribution is 2.17. The molecule has 0 amide bonds. The number of ether oxygens (including phenoxy) is 1. The van der Waals surface area contributed by atoms with Gasteiger partial charge in [0.2, 0.25) is 0 Å². The maximum atomic E-state index is 11.3. The van der Waals surface area contributed by atoms with Crippen LogP contribution >= 0.6 is 0 Å². The van der Waals surface area contributed by atoms with Gasteiger partial charge in [-0.2, -0.15) is 0 Å². The molecule has 1 aliphatic heterocycles. The summed E-state index contributed by atoms with van der Waals surface area (Å²) in [5.74, 6) is 1.66. The van der Waals surface area contributed by atoms with Crippen LogP contribution in [0, 0.1) is 0 Å². The average Bonchev–Trinajstić information content (AvgIpc) is 2.32. The highest BCUT2D eigenvalue weighted by molar-refractivity contribution is 7.85. The average molecular weight is 262 g/mol. The van der Waals surface area contributed by atoms with E-state index >= 15 is 0 Å². The lowest BCUT2D eigenvalue weighted by atomic mass is 9.95. The van der Waals surface area contributed by atoms with E-state index in [-0.39, 0.29) is 5.60 Å². The molecule has 1 saturated heterocycles. The molecule has 4 nitrogen and oxygen atoms in total. The van der Waals surface area contributed by atoms with Crippen molar-refractivity contribution in [3.05, 3.63) is 0 Å². The molecule has 0 aromatic rings. The molecule has 0 radical (unpaired) electrons. The van der Waals surface area contributed by atoms with Crippen molar-refractivity contribution in [3.63, 3.8) is 0 Å². The van der Waals surface area contributed by atoms with E-state index in [2.05, 4.69) is 24.1 Å². The quantitative estimate of drug-likeness (QED) is 0.755. The molecule has 1 heterocycles. The Morgan fingerprint density at radius 1 is 1.41 bits per heavy atom. The van der Waals surface area contributed by atoms with Crippen LogP contribution < -0.4 is 5.32 Å². The number of hydrogen-bond donors (Lipinski definition) is 1. The molecule has 1 rings (SSSR count). The molecule has 5 heteroatoms. The first-order chi connectivity index (χ1) is 7.99.